The van der Waals surface area contributed by atoms with Crippen molar-refractivity contribution >= 4 is 40.8 Å². The van der Waals surface area contributed by atoms with Crippen LogP contribution in [0.2, 0.25) is 10.0 Å². The number of nitrogens with one attached hydrogen (secondary N) is 1. The van der Waals surface area contributed by atoms with Gasteiger partial charge in [0.15, 0.2) is 6.10 Å². The van der Waals surface area contributed by atoms with Gasteiger partial charge in [-0.15, -0.1) is 0 Å². The van der Waals surface area contributed by atoms with E-state index in [1.807, 2.05) is 24.3 Å². The van der Waals surface area contributed by atoms with Crippen LogP contribution in [-0.4, -0.2) is 31.6 Å². The van der Waals surface area contributed by atoms with E-state index in [4.69, 9.17) is 38.4 Å². The largest absolute Gasteiger partial charge is 0.497 e. The first-order valence-corrected chi connectivity index (χ1v) is 8.93. The summed E-state index contributed by atoms with van der Waals surface area (Å²) in [6.07, 6.45) is -0.363. The Morgan fingerprint density at radius 1 is 1.19 bits per heavy atom. The number of nitrogens with two attached hydrogens (primary N) is 1. The van der Waals surface area contributed by atoms with Crippen LogP contribution in [0.3, 0.4) is 0 Å². The van der Waals surface area contributed by atoms with Crippen LogP contribution < -0.4 is 15.8 Å². The lowest BCUT2D eigenvalue weighted by atomic mass is 10.1. The van der Waals surface area contributed by atoms with Gasteiger partial charge in [0.2, 0.25) is 0 Å². The lowest BCUT2D eigenvalue weighted by Gasteiger charge is -2.15. The molecule has 1 amide bonds. The summed E-state index contributed by atoms with van der Waals surface area (Å²) < 4.78 is 10.3. The molecular formula is C19H20Cl2N2O4. The van der Waals surface area contributed by atoms with Gasteiger partial charge < -0.3 is 20.5 Å². The fourth-order valence-corrected chi connectivity index (χ4v) is 2.79. The maximum Gasteiger partial charge on any atom is 0.341 e. The van der Waals surface area contributed by atoms with E-state index < -0.39 is 18.0 Å². The first-order valence-electron chi connectivity index (χ1n) is 8.18. The van der Waals surface area contributed by atoms with Crippen molar-refractivity contribution in [1.82, 2.24) is 5.32 Å². The molecule has 0 aromatic heterocycles. The zero-order valence-electron chi connectivity index (χ0n) is 14.9. The maximum atomic E-state index is 12.2. The maximum absolute atomic E-state index is 12.2. The second kappa shape index (κ2) is 9.48. The fourth-order valence-electron chi connectivity index (χ4n) is 2.30. The number of benzene rings is 2. The van der Waals surface area contributed by atoms with Crippen molar-refractivity contribution in [2.75, 3.05) is 19.4 Å². The van der Waals surface area contributed by atoms with Crippen molar-refractivity contribution in [2.24, 2.45) is 0 Å². The van der Waals surface area contributed by atoms with Gasteiger partial charge in [0.25, 0.3) is 5.91 Å². The number of nitrogen functional groups attached to an aromatic ring is 1. The molecule has 3 N–H and O–H groups in total. The monoisotopic (exact) mass is 410 g/mol. The second-order valence-corrected chi connectivity index (χ2v) is 6.63. The molecule has 2 aromatic rings. The Balaban J connectivity index is 1.86. The Labute approximate surface area is 167 Å². The highest BCUT2D eigenvalue weighted by Crippen LogP contribution is 2.28. The highest BCUT2D eigenvalue weighted by Gasteiger charge is 2.21. The average Bonchev–Trinajstić information content (AvgIpc) is 2.64. The second-order valence-electron chi connectivity index (χ2n) is 5.79. The Morgan fingerprint density at radius 2 is 1.85 bits per heavy atom. The van der Waals surface area contributed by atoms with Crippen molar-refractivity contribution in [3.05, 3.63) is 57.6 Å². The normalized spacial score (nSPS) is 11.6. The predicted octanol–water partition coefficient (Wildman–Crippen LogP) is 3.49. The molecule has 0 heterocycles. The number of ether oxygens (including phenoxy) is 2. The summed E-state index contributed by atoms with van der Waals surface area (Å²) in [5.41, 5.74) is 6.88. The van der Waals surface area contributed by atoms with Crippen LogP contribution in [-0.2, 0) is 16.0 Å². The molecule has 8 heteroatoms. The molecule has 0 aliphatic carbocycles. The lowest BCUT2D eigenvalue weighted by Crippen LogP contribution is -2.37. The Kier molecular flexibility index (Phi) is 7.33. The quantitative estimate of drug-likeness (QED) is 0.538. The predicted molar refractivity (Wildman–Crippen MR) is 105 cm³/mol. The third kappa shape index (κ3) is 5.77. The number of hydrogen-bond acceptors (Lipinski definition) is 5. The highest BCUT2D eigenvalue weighted by atomic mass is 35.5. The van der Waals surface area contributed by atoms with Crippen molar-refractivity contribution < 1.29 is 19.1 Å². The molecule has 2 aromatic carbocycles. The van der Waals surface area contributed by atoms with E-state index in [1.165, 1.54) is 19.1 Å². The van der Waals surface area contributed by atoms with Crippen LogP contribution >= 0.6 is 23.2 Å². The van der Waals surface area contributed by atoms with Crippen LogP contribution in [0.1, 0.15) is 22.8 Å². The van der Waals surface area contributed by atoms with Gasteiger partial charge in [0, 0.05) is 11.6 Å². The molecule has 0 aliphatic heterocycles. The van der Waals surface area contributed by atoms with Crippen molar-refractivity contribution in [3.8, 4) is 5.75 Å². The van der Waals surface area contributed by atoms with E-state index in [-0.39, 0.29) is 21.3 Å². The number of anilines is 1. The molecule has 0 saturated heterocycles. The van der Waals surface area contributed by atoms with Crippen molar-refractivity contribution in [1.29, 1.82) is 0 Å². The minimum atomic E-state index is -0.995. The standard InChI is InChI=1S/C19H20Cl2N2O4/c1-11(27-19(25)15-9-13(20)10-16(21)17(15)22)18(24)23-8-7-12-3-5-14(26-2)6-4-12/h3-6,9-11H,7-8,22H2,1-2H3,(H,23,24). The Morgan fingerprint density at radius 3 is 2.48 bits per heavy atom. The number of carbonyl (C=O) groups is 2. The minimum Gasteiger partial charge on any atom is -0.497 e. The van der Waals surface area contributed by atoms with Gasteiger partial charge in [-0.05, 0) is 43.2 Å². The number of esters is 1. The van der Waals surface area contributed by atoms with Gasteiger partial charge in [-0.25, -0.2) is 4.79 Å². The lowest BCUT2D eigenvalue weighted by molar-refractivity contribution is -0.129. The molecule has 27 heavy (non-hydrogen) atoms. The van der Waals surface area contributed by atoms with E-state index in [2.05, 4.69) is 5.32 Å². The number of methoxy groups -OCH3 is 1. The fraction of sp³-hybridized carbons (Fsp3) is 0.263. The van der Waals surface area contributed by atoms with Crippen LogP contribution in [0.25, 0.3) is 0 Å². The van der Waals surface area contributed by atoms with Crippen molar-refractivity contribution in [3.63, 3.8) is 0 Å². The molecule has 0 saturated carbocycles. The van der Waals surface area contributed by atoms with Gasteiger partial charge in [0.1, 0.15) is 5.75 Å². The number of halogens is 2. The summed E-state index contributed by atoms with van der Waals surface area (Å²) in [4.78, 5) is 24.4. The molecule has 2 rings (SSSR count). The van der Waals surface area contributed by atoms with E-state index >= 15 is 0 Å². The molecule has 0 aliphatic rings. The Bertz CT molecular complexity index is 825. The third-order valence-corrected chi connectivity index (χ3v) is 4.37. The Hall–Kier alpha value is -2.44. The summed E-state index contributed by atoms with van der Waals surface area (Å²) in [6, 6.07) is 10.3. The smallest absolute Gasteiger partial charge is 0.341 e. The van der Waals surface area contributed by atoms with Crippen LogP contribution in [0.5, 0.6) is 5.75 Å². The highest BCUT2D eigenvalue weighted by molar-refractivity contribution is 6.37. The van der Waals surface area contributed by atoms with Gasteiger partial charge in [-0.2, -0.15) is 0 Å². The molecule has 0 fully saturated rings. The van der Waals surface area contributed by atoms with E-state index in [9.17, 15) is 9.59 Å². The van der Waals surface area contributed by atoms with Gasteiger partial charge in [0.05, 0.1) is 23.4 Å². The first-order chi connectivity index (χ1) is 12.8. The number of hydrogen-bond donors (Lipinski definition) is 2. The van der Waals surface area contributed by atoms with Gasteiger partial charge >= 0.3 is 5.97 Å². The third-order valence-electron chi connectivity index (χ3n) is 3.84. The zero-order valence-corrected chi connectivity index (χ0v) is 16.4. The van der Waals surface area contributed by atoms with E-state index in [1.54, 1.807) is 7.11 Å². The summed E-state index contributed by atoms with van der Waals surface area (Å²) in [5, 5.41) is 3.12. The van der Waals surface area contributed by atoms with Crippen LogP contribution in [0, 0.1) is 0 Å². The number of rotatable bonds is 7. The summed E-state index contributed by atoms with van der Waals surface area (Å²) in [5.74, 6) is -0.415. The summed E-state index contributed by atoms with van der Waals surface area (Å²) >= 11 is 11.8. The topological polar surface area (TPSA) is 90.6 Å². The molecule has 0 radical (unpaired) electrons. The van der Waals surface area contributed by atoms with Gasteiger partial charge in [-0.1, -0.05) is 35.3 Å². The number of carbonyl (C=O) groups excluding carboxylic acids is 2. The van der Waals surface area contributed by atoms with Crippen LogP contribution in [0.4, 0.5) is 5.69 Å². The van der Waals surface area contributed by atoms with Gasteiger partial charge in [-0.3, -0.25) is 4.79 Å². The molecule has 144 valence electrons. The average molecular weight is 411 g/mol. The minimum absolute atomic E-state index is 0.0189. The molecule has 6 nitrogen and oxygen atoms in total. The first kappa shape index (κ1) is 20.9. The molecule has 0 bridgehead atoms. The van der Waals surface area contributed by atoms with Crippen molar-refractivity contribution in [2.45, 2.75) is 19.4 Å². The molecule has 1 unspecified atom stereocenters. The zero-order chi connectivity index (χ0) is 20.0. The molecule has 0 spiro atoms. The van der Waals surface area contributed by atoms with E-state index in [0.29, 0.717) is 13.0 Å². The molecule has 1 atom stereocenters. The molecular weight excluding hydrogens is 391 g/mol. The summed E-state index contributed by atoms with van der Waals surface area (Å²) in [6.45, 7) is 1.88. The SMILES string of the molecule is COc1ccc(CCNC(=O)C(C)OC(=O)c2cc(Cl)cc(Cl)c2N)cc1. The van der Waals surface area contributed by atoms with E-state index in [0.717, 1.165) is 11.3 Å². The summed E-state index contributed by atoms with van der Waals surface area (Å²) in [7, 11) is 1.60. The van der Waals surface area contributed by atoms with Crippen LogP contribution in [0.15, 0.2) is 36.4 Å². The number of amides is 1.